The smallest absolute Gasteiger partial charge is 0.272 e. The molecule has 1 N–H and O–H groups in total. The van der Waals surface area contributed by atoms with Gasteiger partial charge >= 0.3 is 0 Å². The fourth-order valence-electron chi connectivity index (χ4n) is 5.17. The van der Waals surface area contributed by atoms with Crippen molar-refractivity contribution in [3.63, 3.8) is 0 Å². The molecule has 2 aromatic carbocycles. The van der Waals surface area contributed by atoms with Crippen molar-refractivity contribution in [3.8, 4) is 0 Å². The molecule has 3 heterocycles. The quantitative estimate of drug-likeness (QED) is 0.444. The molecule has 0 saturated carbocycles. The number of ether oxygens (including phenoxy) is 1. The number of rotatable bonds is 6. The summed E-state index contributed by atoms with van der Waals surface area (Å²) in [5.74, 6) is -0.112. The molecule has 6 nitrogen and oxygen atoms in total. The molecule has 3 atom stereocenters. The maximum absolute atomic E-state index is 13.4. The second-order valence-electron chi connectivity index (χ2n) is 9.74. The molecular weight excluding hydrogens is 483 g/mol. The molecule has 2 saturated heterocycles. The van der Waals surface area contributed by atoms with Gasteiger partial charge in [0.25, 0.3) is 5.91 Å². The van der Waals surface area contributed by atoms with Crippen LogP contribution < -0.4 is 5.32 Å². The highest BCUT2D eigenvalue weighted by atomic mass is 35.5. The number of allylic oxidation sites excluding steroid dienone is 2. The van der Waals surface area contributed by atoms with Gasteiger partial charge in [0.2, 0.25) is 0 Å². The second kappa shape index (κ2) is 10.3. The first-order valence-electron chi connectivity index (χ1n) is 12.1. The van der Waals surface area contributed by atoms with Gasteiger partial charge in [-0.1, -0.05) is 59.1 Å². The fraction of sp³-hybridized carbons (Fsp3) is 0.407. The van der Waals surface area contributed by atoms with Gasteiger partial charge < -0.3 is 10.1 Å². The van der Waals surface area contributed by atoms with Gasteiger partial charge in [0.1, 0.15) is 0 Å². The molecule has 2 bridgehead atoms. The summed E-state index contributed by atoms with van der Waals surface area (Å²) in [5.41, 5.74) is 3.81. The zero-order valence-electron chi connectivity index (χ0n) is 20.0. The highest BCUT2D eigenvalue weighted by molar-refractivity contribution is 6.42. The molecular formula is C27H30Cl2N4O2. The van der Waals surface area contributed by atoms with Gasteiger partial charge in [0.05, 0.1) is 35.3 Å². The van der Waals surface area contributed by atoms with Crippen LogP contribution in [0.15, 0.2) is 54.1 Å². The number of carbonyl (C=O) groups excluding carboxylic acids is 1. The maximum Gasteiger partial charge on any atom is 0.272 e. The molecule has 1 amide bonds. The van der Waals surface area contributed by atoms with E-state index in [0.717, 1.165) is 35.9 Å². The first-order chi connectivity index (χ1) is 16.9. The van der Waals surface area contributed by atoms with Crippen LogP contribution in [0.25, 0.3) is 10.9 Å². The van der Waals surface area contributed by atoms with E-state index in [0.29, 0.717) is 35.5 Å². The number of carbonyl (C=O) groups is 1. The highest BCUT2D eigenvalue weighted by Gasteiger charge is 2.39. The molecule has 0 spiro atoms. The van der Waals surface area contributed by atoms with Crippen LogP contribution in [0.2, 0.25) is 10.0 Å². The van der Waals surface area contributed by atoms with Crippen molar-refractivity contribution in [2.24, 2.45) is 0 Å². The summed E-state index contributed by atoms with van der Waals surface area (Å²) in [6.07, 6.45) is 3.78. The lowest BCUT2D eigenvalue weighted by Crippen LogP contribution is -2.60. The third-order valence-electron chi connectivity index (χ3n) is 6.90. The number of nitrogens with one attached hydrogen (secondary N) is 1. The van der Waals surface area contributed by atoms with Crippen LogP contribution in [0.4, 0.5) is 0 Å². The molecule has 0 radical (unpaired) electrons. The van der Waals surface area contributed by atoms with E-state index in [1.807, 2.05) is 47.1 Å². The summed E-state index contributed by atoms with van der Waals surface area (Å²) in [5, 5.41) is 9.99. The topological polar surface area (TPSA) is 59.4 Å². The first-order valence-corrected chi connectivity index (χ1v) is 12.8. The fourth-order valence-corrected chi connectivity index (χ4v) is 5.49. The standard InChI is InChI=1S/C27H30Cl2N4O2/c1-17(2)9-10-33-25-6-4-3-5-22(25)26(31-33)27(34)30-19-12-20-15-35-16-21(13-19)32(20)14-18-7-8-23(28)24(29)11-18/h3-9,11,19-21H,10,12-16H2,1-2H3,(H,30,34)/t19?,20-,21+. The Morgan fingerprint density at radius 3 is 2.57 bits per heavy atom. The van der Waals surface area contributed by atoms with Crippen molar-refractivity contribution in [2.45, 2.75) is 57.9 Å². The molecule has 3 aromatic rings. The third kappa shape index (κ3) is 5.26. The molecule has 35 heavy (non-hydrogen) atoms. The lowest BCUT2D eigenvalue weighted by atomic mass is 9.89. The van der Waals surface area contributed by atoms with Crippen LogP contribution >= 0.6 is 23.2 Å². The average molecular weight is 513 g/mol. The third-order valence-corrected chi connectivity index (χ3v) is 7.64. The van der Waals surface area contributed by atoms with Crippen molar-refractivity contribution < 1.29 is 9.53 Å². The van der Waals surface area contributed by atoms with Crippen LogP contribution in [-0.2, 0) is 17.8 Å². The summed E-state index contributed by atoms with van der Waals surface area (Å²) in [6.45, 7) is 6.87. The van der Waals surface area contributed by atoms with Crippen molar-refractivity contribution in [3.05, 3.63) is 75.4 Å². The van der Waals surface area contributed by atoms with Gasteiger partial charge in [0.15, 0.2) is 5.69 Å². The Morgan fingerprint density at radius 2 is 1.86 bits per heavy atom. The van der Waals surface area contributed by atoms with Crippen molar-refractivity contribution >= 4 is 40.0 Å². The zero-order chi connectivity index (χ0) is 24.5. The number of amides is 1. The number of piperidine rings is 1. The van der Waals surface area contributed by atoms with Crippen LogP contribution in [0.5, 0.6) is 0 Å². The van der Waals surface area contributed by atoms with Crippen LogP contribution in [0.1, 0.15) is 42.7 Å². The average Bonchev–Trinajstić information content (AvgIpc) is 3.19. The monoisotopic (exact) mass is 512 g/mol. The number of nitrogens with zero attached hydrogens (tertiary/aromatic N) is 3. The number of aromatic nitrogens is 2. The van der Waals surface area contributed by atoms with E-state index in [9.17, 15) is 4.79 Å². The summed E-state index contributed by atoms with van der Waals surface area (Å²) < 4.78 is 7.77. The Hall–Kier alpha value is -2.38. The number of hydrogen-bond acceptors (Lipinski definition) is 4. The van der Waals surface area contributed by atoms with E-state index in [4.69, 9.17) is 27.9 Å². The van der Waals surface area contributed by atoms with Gasteiger partial charge in [0, 0.05) is 30.1 Å². The van der Waals surface area contributed by atoms with E-state index in [1.165, 1.54) is 5.57 Å². The number of fused-ring (bicyclic) bond motifs is 3. The minimum atomic E-state index is -0.112. The summed E-state index contributed by atoms with van der Waals surface area (Å²) in [6, 6.07) is 14.3. The van der Waals surface area contributed by atoms with Crippen molar-refractivity contribution in [1.82, 2.24) is 20.0 Å². The molecule has 2 fully saturated rings. The molecule has 8 heteroatoms. The Morgan fingerprint density at radius 1 is 1.11 bits per heavy atom. The van der Waals surface area contributed by atoms with E-state index in [-0.39, 0.29) is 24.0 Å². The Kier molecular flexibility index (Phi) is 7.17. The van der Waals surface area contributed by atoms with Crippen LogP contribution in [0, 0.1) is 0 Å². The predicted molar refractivity (Wildman–Crippen MR) is 140 cm³/mol. The zero-order valence-corrected chi connectivity index (χ0v) is 21.5. The lowest BCUT2D eigenvalue weighted by molar-refractivity contribution is -0.0843. The number of halogens is 2. The minimum Gasteiger partial charge on any atom is -0.378 e. The second-order valence-corrected chi connectivity index (χ2v) is 10.6. The number of morpholine rings is 1. The molecule has 5 rings (SSSR count). The summed E-state index contributed by atoms with van der Waals surface area (Å²) in [7, 11) is 0. The van der Waals surface area contributed by atoms with E-state index >= 15 is 0 Å². The first kappa shape index (κ1) is 24.3. The Balaban J connectivity index is 1.30. The van der Waals surface area contributed by atoms with E-state index < -0.39 is 0 Å². The summed E-state index contributed by atoms with van der Waals surface area (Å²) >= 11 is 12.3. The van der Waals surface area contributed by atoms with Gasteiger partial charge in [-0.3, -0.25) is 14.4 Å². The van der Waals surface area contributed by atoms with Gasteiger partial charge in [-0.15, -0.1) is 0 Å². The van der Waals surface area contributed by atoms with Crippen molar-refractivity contribution in [1.29, 1.82) is 0 Å². The van der Waals surface area contributed by atoms with Gasteiger partial charge in [-0.25, -0.2) is 0 Å². The van der Waals surface area contributed by atoms with Gasteiger partial charge in [-0.05, 0) is 50.5 Å². The largest absolute Gasteiger partial charge is 0.378 e. The van der Waals surface area contributed by atoms with Gasteiger partial charge in [-0.2, -0.15) is 5.10 Å². The molecule has 0 aliphatic carbocycles. The SMILES string of the molecule is CC(C)=CCn1nc(C(=O)NC2C[C@H]3COC[C@@H](C2)N3Cc2ccc(Cl)c(Cl)c2)c2ccccc21. The maximum atomic E-state index is 13.4. The summed E-state index contributed by atoms with van der Waals surface area (Å²) in [4.78, 5) is 15.8. The van der Waals surface area contributed by atoms with Crippen LogP contribution in [0.3, 0.4) is 0 Å². The molecule has 184 valence electrons. The number of benzene rings is 2. The Labute approximate surface area is 215 Å². The minimum absolute atomic E-state index is 0.0770. The molecule has 1 unspecified atom stereocenters. The highest BCUT2D eigenvalue weighted by Crippen LogP contribution is 2.31. The lowest BCUT2D eigenvalue weighted by Gasteiger charge is -2.48. The predicted octanol–water partition coefficient (Wildman–Crippen LogP) is 5.47. The molecule has 2 aliphatic heterocycles. The number of para-hydroxylation sites is 1. The number of hydrogen-bond donors (Lipinski definition) is 1. The molecule has 2 aliphatic rings. The molecule has 1 aromatic heterocycles. The van der Waals surface area contributed by atoms with E-state index in [2.05, 4.69) is 35.2 Å². The Bertz CT molecular complexity index is 1250. The van der Waals surface area contributed by atoms with Crippen LogP contribution in [-0.4, -0.2) is 51.9 Å². The van der Waals surface area contributed by atoms with Crippen molar-refractivity contribution in [2.75, 3.05) is 13.2 Å². The normalized spacial score (nSPS) is 22.2. The van der Waals surface area contributed by atoms with E-state index in [1.54, 1.807) is 0 Å².